The fraction of sp³-hybridized carbons (Fsp3) is 0.200. The summed E-state index contributed by atoms with van der Waals surface area (Å²) in [7, 11) is 1.33. The molecule has 0 saturated heterocycles. The second-order valence-electron chi connectivity index (χ2n) is 1.79. The van der Waals surface area contributed by atoms with Gasteiger partial charge in [0.25, 0.3) is 5.91 Å². The van der Waals surface area contributed by atoms with Crippen LogP contribution in [0, 0.1) is 0 Å². The first-order valence-corrected chi connectivity index (χ1v) is 2.55. The normalized spacial score (nSPS) is 18.5. The number of rotatable bonds is 0. The number of imide groups is 1. The van der Waals surface area contributed by atoms with Crippen molar-refractivity contribution < 1.29 is 9.59 Å². The van der Waals surface area contributed by atoms with Crippen molar-refractivity contribution in [3.8, 4) is 0 Å². The zero-order valence-electron chi connectivity index (χ0n) is 5.37. The number of carbonyl (C=O) groups excluding carboxylic acids is 2. The van der Waals surface area contributed by atoms with Crippen LogP contribution in [-0.2, 0) is 4.79 Å². The molecule has 0 unspecified atom stereocenters. The fourth-order valence-electron chi connectivity index (χ4n) is 0.493. The van der Waals surface area contributed by atoms with Crippen LogP contribution in [-0.4, -0.2) is 23.9 Å². The van der Waals surface area contributed by atoms with E-state index in [-0.39, 0.29) is 5.70 Å². The summed E-state index contributed by atoms with van der Waals surface area (Å²) < 4.78 is 0. The molecule has 0 spiro atoms. The molecule has 0 atom stereocenters. The molecule has 10 heavy (non-hydrogen) atoms. The molecule has 0 fully saturated rings. The van der Waals surface area contributed by atoms with Gasteiger partial charge < -0.3 is 0 Å². The Labute approximate surface area is 57.0 Å². The number of urea groups is 1. The van der Waals surface area contributed by atoms with Crippen molar-refractivity contribution in [2.45, 2.75) is 0 Å². The van der Waals surface area contributed by atoms with Crippen molar-refractivity contribution in [2.24, 2.45) is 10.2 Å². The Bertz CT molecular complexity index is 243. The van der Waals surface area contributed by atoms with Crippen molar-refractivity contribution in [3.63, 3.8) is 0 Å². The summed E-state index contributed by atoms with van der Waals surface area (Å²) in [5, 5.41) is 6.37. The number of carbonyl (C=O) groups is 2. The predicted octanol–water partition coefficient (Wildman–Crippen LogP) is 0.544. The average Bonchev–Trinajstić information content (AvgIpc) is 1.93. The maximum Gasteiger partial charge on any atom is 0.368 e. The van der Waals surface area contributed by atoms with Crippen LogP contribution in [0.4, 0.5) is 4.79 Å². The van der Waals surface area contributed by atoms with Gasteiger partial charge in [-0.15, -0.1) is 5.11 Å². The molecule has 0 bridgehead atoms. The minimum absolute atomic E-state index is 0.0119. The van der Waals surface area contributed by atoms with Gasteiger partial charge in [0.05, 0.1) is 0 Å². The third-order valence-corrected chi connectivity index (χ3v) is 1.09. The summed E-state index contributed by atoms with van der Waals surface area (Å²) >= 11 is 0. The van der Waals surface area contributed by atoms with E-state index in [0.717, 1.165) is 4.90 Å². The Kier molecular flexibility index (Phi) is 1.33. The Morgan fingerprint density at radius 1 is 1.40 bits per heavy atom. The minimum atomic E-state index is -0.655. The molecule has 1 aliphatic rings. The number of amides is 3. The lowest BCUT2D eigenvalue weighted by atomic mass is 10.4. The van der Waals surface area contributed by atoms with E-state index in [2.05, 4.69) is 16.8 Å². The molecule has 0 aromatic rings. The van der Waals surface area contributed by atoms with E-state index < -0.39 is 11.9 Å². The topological polar surface area (TPSA) is 62.1 Å². The second-order valence-corrected chi connectivity index (χ2v) is 1.79. The van der Waals surface area contributed by atoms with Gasteiger partial charge in [0.1, 0.15) is 5.70 Å². The Morgan fingerprint density at radius 2 is 2.00 bits per heavy atom. The molecule has 3 amide bonds. The zero-order chi connectivity index (χ0) is 7.72. The maximum absolute atomic E-state index is 10.8. The highest BCUT2D eigenvalue weighted by atomic mass is 16.2. The van der Waals surface area contributed by atoms with Crippen molar-refractivity contribution in [1.29, 1.82) is 0 Å². The van der Waals surface area contributed by atoms with Gasteiger partial charge in [-0.3, -0.25) is 9.69 Å². The third kappa shape index (κ3) is 0.812. The van der Waals surface area contributed by atoms with Crippen LogP contribution >= 0.6 is 0 Å². The second kappa shape index (κ2) is 2.02. The van der Waals surface area contributed by atoms with Crippen molar-refractivity contribution in [3.05, 3.63) is 12.3 Å². The number of azo groups is 1. The van der Waals surface area contributed by atoms with Crippen LogP contribution in [0.1, 0.15) is 0 Å². The molecule has 1 rings (SSSR count). The Morgan fingerprint density at radius 3 is 2.50 bits per heavy atom. The van der Waals surface area contributed by atoms with Crippen LogP contribution < -0.4 is 0 Å². The van der Waals surface area contributed by atoms with Crippen molar-refractivity contribution >= 4 is 11.9 Å². The molecular weight excluding hydrogens is 134 g/mol. The van der Waals surface area contributed by atoms with E-state index in [0.29, 0.717) is 0 Å². The van der Waals surface area contributed by atoms with E-state index in [1.165, 1.54) is 7.05 Å². The third-order valence-electron chi connectivity index (χ3n) is 1.09. The van der Waals surface area contributed by atoms with Gasteiger partial charge in [0, 0.05) is 7.05 Å². The van der Waals surface area contributed by atoms with Gasteiger partial charge in [-0.05, 0) is 0 Å². The number of nitrogens with zero attached hydrogens (tertiary/aromatic N) is 3. The van der Waals surface area contributed by atoms with Crippen molar-refractivity contribution in [2.75, 3.05) is 7.05 Å². The standard InChI is InChI=1S/C5H5N3O2/c1-3-4(9)8(2)5(10)7-6-3/h1H2,2H3. The molecule has 0 N–H and O–H groups in total. The van der Waals surface area contributed by atoms with Gasteiger partial charge >= 0.3 is 6.03 Å². The summed E-state index contributed by atoms with van der Waals surface area (Å²) in [5.74, 6) is -0.500. The van der Waals surface area contributed by atoms with Gasteiger partial charge in [0.15, 0.2) is 0 Å². The molecule has 1 heterocycles. The van der Waals surface area contributed by atoms with E-state index in [4.69, 9.17) is 0 Å². The molecule has 52 valence electrons. The lowest BCUT2D eigenvalue weighted by molar-refractivity contribution is -0.123. The first-order chi connectivity index (χ1) is 4.63. The summed E-state index contributed by atoms with van der Waals surface area (Å²) in [5.41, 5.74) is -0.0119. The minimum Gasteiger partial charge on any atom is -0.267 e. The molecule has 0 saturated carbocycles. The molecule has 0 radical (unpaired) electrons. The molecule has 0 aromatic carbocycles. The van der Waals surface area contributed by atoms with Gasteiger partial charge in [-0.2, -0.15) is 0 Å². The van der Waals surface area contributed by atoms with Crippen LogP contribution in [0.15, 0.2) is 22.5 Å². The maximum atomic E-state index is 10.8. The lowest BCUT2D eigenvalue weighted by Gasteiger charge is -2.13. The van der Waals surface area contributed by atoms with Crippen molar-refractivity contribution in [1.82, 2.24) is 4.90 Å². The fourth-order valence-corrected chi connectivity index (χ4v) is 0.493. The smallest absolute Gasteiger partial charge is 0.267 e. The molecule has 1 aliphatic heterocycles. The molecular formula is C5H5N3O2. The lowest BCUT2D eigenvalue weighted by Crippen LogP contribution is -2.33. The first kappa shape index (κ1) is 6.60. The predicted molar refractivity (Wildman–Crippen MR) is 32.2 cm³/mol. The monoisotopic (exact) mass is 139 g/mol. The Balaban J connectivity index is 3.00. The van der Waals surface area contributed by atoms with Gasteiger partial charge in [0.2, 0.25) is 0 Å². The van der Waals surface area contributed by atoms with Crippen LogP contribution in [0.3, 0.4) is 0 Å². The van der Waals surface area contributed by atoms with E-state index in [1.807, 2.05) is 0 Å². The summed E-state index contributed by atoms with van der Waals surface area (Å²) in [6.07, 6.45) is 0. The number of likely N-dealkylation sites (N-methyl/N-ethyl adjacent to an activating group) is 1. The molecule has 5 nitrogen and oxygen atoms in total. The number of hydrogen-bond donors (Lipinski definition) is 0. The SMILES string of the molecule is C=C1N=NC(=O)N(C)C1=O. The van der Waals surface area contributed by atoms with Crippen LogP contribution in [0.2, 0.25) is 0 Å². The van der Waals surface area contributed by atoms with E-state index in [1.54, 1.807) is 0 Å². The van der Waals surface area contributed by atoms with Crippen LogP contribution in [0.5, 0.6) is 0 Å². The molecule has 0 aliphatic carbocycles. The molecule has 0 aromatic heterocycles. The highest BCUT2D eigenvalue weighted by Gasteiger charge is 2.23. The quantitative estimate of drug-likeness (QED) is 0.460. The average molecular weight is 139 g/mol. The first-order valence-electron chi connectivity index (χ1n) is 2.55. The summed E-state index contributed by atoms with van der Waals surface area (Å²) in [6.45, 7) is 3.28. The number of hydrogen-bond acceptors (Lipinski definition) is 3. The van der Waals surface area contributed by atoms with Gasteiger partial charge in [-0.25, -0.2) is 4.79 Å². The van der Waals surface area contributed by atoms with E-state index >= 15 is 0 Å². The highest BCUT2D eigenvalue weighted by molar-refractivity contribution is 6.04. The Hall–Kier alpha value is -1.52. The largest absolute Gasteiger partial charge is 0.368 e. The molecule has 5 heteroatoms. The summed E-state index contributed by atoms with van der Waals surface area (Å²) in [4.78, 5) is 22.2. The van der Waals surface area contributed by atoms with Crippen LogP contribution in [0.25, 0.3) is 0 Å². The van der Waals surface area contributed by atoms with Gasteiger partial charge in [-0.1, -0.05) is 11.7 Å². The van der Waals surface area contributed by atoms with E-state index in [9.17, 15) is 9.59 Å². The summed E-state index contributed by atoms with van der Waals surface area (Å²) in [6, 6.07) is -0.655. The highest BCUT2D eigenvalue weighted by Crippen LogP contribution is 2.07. The zero-order valence-corrected chi connectivity index (χ0v) is 5.37.